The first-order valence-corrected chi connectivity index (χ1v) is 31.8. The van der Waals surface area contributed by atoms with Crippen molar-refractivity contribution in [3.8, 4) is 11.5 Å². The van der Waals surface area contributed by atoms with Crippen molar-refractivity contribution in [2.24, 2.45) is 23.5 Å². The fourth-order valence-electron chi connectivity index (χ4n) is 10.3. The number of rotatable bonds is 18. The minimum atomic E-state index is -0.987. The Labute approximate surface area is 582 Å². The van der Waals surface area contributed by atoms with E-state index in [1.54, 1.807) is 103 Å². The Morgan fingerprint density at radius 1 is 0.653 bits per heavy atom. The van der Waals surface area contributed by atoms with Gasteiger partial charge in [0.1, 0.15) is 40.8 Å². The topological polar surface area (TPSA) is 336 Å². The smallest absolute Gasteiger partial charge is 0.407 e. The number of carboxylic acids is 1. The average Bonchev–Trinajstić information content (AvgIpc) is 0.916. The minimum absolute atomic E-state index is 0. The maximum Gasteiger partial charge on any atom is 0.407 e. The summed E-state index contributed by atoms with van der Waals surface area (Å²) in [4.78, 5) is 125. The number of carbonyl (C=O) groups excluding carboxylic acids is 9. The van der Waals surface area contributed by atoms with Gasteiger partial charge >= 0.3 is 30.1 Å². The number of hydrogen-bond acceptors (Lipinski definition) is 18. The van der Waals surface area contributed by atoms with Gasteiger partial charge in [0.15, 0.2) is 11.6 Å². The number of nitrogens with one attached hydrogen (secondary N) is 5. The molecule has 4 rings (SSSR count). The van der Waals surface area contributed by atoms with E-state index in [-0.39, 0.29) is 80.4 Å². The molecule has 0 aromatic heterocycles. The van der Waals surface area contributed by atoms with Crippen molar-refractivity contribution in [3.05, 3.63) is 66.1 Å². The molecule has 25 heteroatoms. The van der Waals surface area contributed by atoms with Crippen LogP contribution in [0, 0.1) is 25.2 Å². The van der Waals surface area contributed by atoms with Gasteiger partial charge in [-0.3, -0.25) is 28.8 Å². The fraction of sp³-hybridized carbons (Fsp3) is 0.671. The van der Waals surface area contributed by atoms with Crippen molar-refractivity contribution in [1.82, 2.24) is 31.5 Å². The molecule has 0 fully saturated rings. The molecule has 0 radical (unpaired) electrons. The normalized spacial score (nSPS) is 19.4. The Morgan fingerprint density at radius 2 is 1.06 bits per heavy atom. The van der Waals surface area contributed by atoms with E-state index in [1.165, 1.54) is 19.1 Å². The van der Waals surface area contributed by atoms with Crippen LogP contribution in [0.15, 0.2) is 36.4 Å². The number of aliphatic carboxylic acids is 1. The maximum atomic E-state index is 13.9. The Hall–Kier alpha value is -6.68. The number of carboxylic acid groups (broad SMARTS) is 1. The number of hydrogen-bond donors (Lipinski definition) is 7. The predicted octanol–water partition coefficient (Wildman–Crippen LogP) is 10.3. The van der Waals surface area contributed by atoms with Crippen molar-refractivity contribution < 1.29 is 103 Å². The monoisotopic (exact) mass is 1440 g/mol. The number of likely N-dealkylation sites (N-methyl/N-ethyl adjacent to an activating group) is 2. The molecule has 2 aromatic rings. The number of alkyl carbamates (subject to hydrolysis) is 2. The number of methoxy groups -OCH3 is 4. The van der Waals surface area contributed by atoms with Crippen molar-refractivity contribution in [3.63, 3.8) is 0 Å². The number of esters is 2. The summed E-state index contributed by atoms with van der Waals surface area (Å²) in [6.07, 6.45) is 9.97. The van der Waals surface area contributed by atoms with E-state index < -0.39 is 95.2 Å². The molecule has 0 unspecified atom stereocenters. The van der Waals surface area contributed by atoms with E-state index in [2.05, 4.69) is 26.6 Å². The number of Topliss-reactive ketones (excluding diaryl/α,β-unsaturated/α-hetero) is 2. The molecule has 8 N–H and O–H groups in total. The third-order valence-electron chi connectivity index (χ3n) is 15.4. The summed E-state index contributed by atoms with van der Waals surface area (Å²) in [6.45, 7) is 16.7. The SMILES string of the molecule is C.C.CN[C@@H]1C(=O)C[C@@H](C)C(=O)N[C@H](C(=O)OC)CCCCCc2cc1ccc2OC.COC(=O)[C@@H]1CCCCCc2cc(ccc2OC)[C@H](N(C)C(=O)[C@@H](N)CCCCNC(=O)OC(C)(C)C)C(=O)C[C@@H](C)C(=O)N1.C[C@@H](CCCCNC(=O)OC(C)(C)C)C(=O)O.[CH3-].[HH].[Pd]. The molecular formula is C70H120N7O17Pd-. The summed E-state index contributed by atoms with van der Waals surface area (Å²) in [7, 11) is 9.10. The van der Waals surface area contributed by atoms with Crippen LogP contribution in [0.1, 0.15) is 216 Å². The van der Waals surface area contributed by atoms with E-state index in [1.807, 2.05) is 24.3 Å². The van der Waals surface area contributed by atoms with Gasteiger partial charge in [-0.05, 0) is 160 Å². The average molecular weight is 1440 g/mol. The van der Waals surface area contributed by atoms with Crippen LogP contribution in [-0.2, 0) is 90.6 Å². The van der Waals surface area contributed by atoms with E-state index >= 15 is 0 Å². The van der Waals surface area contributed by atoms with Crippen LogP contribution in [0.2, 0.25) is 0 Å². The zero-order valence-electron chi connectivity index (χ0n) is 58.0. The van der Waals surface area contributed by atoms with Crippen LogP contribution in [0.25, 0.3) is 0 Å². The molecule has 2 aliphatic rings. The van der Waals surface area contributed by atoms with E-state index in [0.29, 0.717) is 75.8 Å². The van der Waals surface area contributed by atoms with Gasteiger partial charge in [0, 0.05) is 66.7 Å². The Kier molecular flexibility index (Phi) is 46.0. The number of nitrogens with zero attached hydrogens (tertiary/aromatic N) is 1. The molecule has 0 saturated carbocycles. The summed E-state index contributed by atoms with van der Waals surface area (Å²) < 4.78 is 31.1. The number of ether oxygens (including phenoxy) is 6. The molecule has 0 aliphatic carbocycles. The van der Waals surface area contributed by atoms with Gasteiger partial charge in [0.2, 0.25) is 17.7 Å². The van der Waals surface area contributed by atoms with E-state index in [9.17, 15) is 47.9 Å². The van der Waals surface area contributed by atoms with E-state index in [4.69, 9.17) is 39.3 Å². The Morgan fingerprint density at radius 3 is 1.46 bits per heavy atom. The van der Waals surface area contributed by atoms with Gasteiger partial charge in [0.05, 0.1) is 46.4 Å². The van der Waals surface area contributed by atoms with Crippen LogP contribution in [-0.4, -0.2) is 154 Å². The number of benzene rings is 2. The molecule has 2 aliphatic heterocycles. The largest absolute Gasteiger partial charge is 0.496 e. The number of nitrogens with two attached hydrogens (primary N) is 1. The van der Waals surface area contributed by atoms with Gasteiger partial charge in [-0.25, -0.2) is 19.2 Å². The summed E-state index contributed by atoms with van der Waals surface area (Å²) in [5.74, 6) is -3.47. The van der Waals surface area contributed by atoms with Crippen LogP contribution in [0.4, 0.5) is 9.59 Å². The van der Waals surface area contributed by atoms with Crippen molar-refractivity contribution in [2.45, 2.75) is 234 Å². The summed E-state index contributed by atoms with van der Waals surface area (Å²) in [5, 5.41) is 22.6. The molecule has 5 amide bonds. The fourth-order valence-corrected chi connectivity index (χ4v) is 10.3. The molecule has 0 spiro atoms. The number of carbonyl (C=O) groups is 10. The first-order chi connectivity index (χ1) is 42.8. The Balaban J connectivity index is -0.000000714. The van der Waals surface area contributed by atoms with Gasteiger partial charge in [0.25, 0.3) is 0 Å². The molecule has 24 nitrogen and oxygen atoms in total. The zero-order chi connectivity index (χ0) is 68.6. The number of fused-ring (bicyclic) bond motifs is 4. The van der Waals surface area contributed by atoms with Crippen molar-refractivity contribution in [2.75, 3.05) is 55.6 Å². The summed E-state index contributed by atoms with van der Waals surface area (Å²) >= 11 is 0. The molecule has 4 bridgehead atoms. The molecular weight excluding hydrogens is 1320 g/mol. The number of unbranched alkanes of at least 4 members (excludes halogenated alkanes) is 2. The van der Waals surface area contributed by atoms with Crippen LogP contribution < -0.4 is 41.8 Å². The van der Waals surface area contributed by atoms with E-state index in [0.717, 1.165) is 73.8 Å². The summed E-state index contributed by atoms with van der Waals surface area (Å²) in [6, 6.07) is 7.38. The summed E-state index contributed by atoms with van der Waals surface area (Å²) in [5.41, 5.74) is 8.66. The maximum absolute atomic E-state index is 13.9. The standard InChI is InChI=1S/C33H52N4O8.C22H32N2O5.C12H23NO4.2CH4.CH3.Pd.H2/c1-21-19-26(38)28(37(5)30(40)24(34)14-11-12-18-35-32(42)45-33(2,3)4)23-16-17-27(43-6)22(20-23)13-9-8-10-15-25(31(41)44-7)36-29(21)39;1-14-12-18(25)20(23-2)16-10-11-19(28-3)15(13-16)8-6-5-7-9-17(22(27)29-4)24-21(14)26;1-9(10(14)15)7-5-6-8-13-11(16)17-12(2,3)4;;;;;/h16-17,20-21,24-25,28H,8-15,18-19,34H2,1-7H3,(H,35,42)(H,36,39);10-11,13-14,17,20,23H,5-9,12H2,1-4H3,(H,24,26);9H,5-8H2,1-4H3,(H,13,16)(H,14,15);2*1H4;1H3;;1H/q;;;;;-1;;/t21-,24+,25+,28+;14-,17+,20+;9-;;;;;/m110...../s1. The number of ketones is 2. The molecule has 0 saturated heterocycles. The van der Waals surface area contributed by atoms with Crippen LogP contribution in [0.3, 0.4) is 0 Å². The predicted molar refractivity (Wildman–Crippen MR) is 366 cm³/mol. The van der Waals surface area contributed by atoms with Gasteiger partial charge in [-0.1, -0.05) is 85.9 Å². The van der Waals surface area contributed by atoms with Crippen molar-refractivity contribution >= 4 is 59.4 Å². The third-order valence-corrected chi connectivity index (χ3v) is 15.4. The van der Waals surface area contributed by atoms with Crippen molar-refractivity contribution in [1.29, 1.82) is 0 Å². The zero-order valence-corrected chi connectivity index (χ0v) is 59.6. The molecule has 2 aromatic carbocycles. The number of amides is 5. The second-order valence-corrected chi connectivity index (χ2v) is 25.4. The second kappa shape index (κ2) is 47.3. The van der Waals surface area contributed by atoms with Gasteiger partial charge in [-0.15, -0.1) is 0 Å². The molecule has 95 heavy (non-hydrogen) atoms. The Bertz CT molecular complexity index is 2710. The second-order valence-electron chi connectivity index (χ2n) is 25.4. The molecule has 548 valence electrons. The molecule has 2 heterocycles. The minimum Gasteiger partial charge on any atom is -0.496 e. The molecule has 8 atom stereocenters. The van der Waals surface area contributed by atoms with Crippen LogP contribution >= 0.6 is 0 Å². The number of aryl methyl sites for hydroxylation is 2. The van der Waals surface area contributed by atoms with Gasteiger partial charge in [-0.2, -0.15) is 0 Å². The third kappa shape index (κ3) is 34.7. The quantitative estimate of drug-likeness (QED) is 0.0240. The van der Waals surface area contributed by atoms with Crippen LogP contribution in [0.5, 0.6) is 11.5 Å². The first kappa shape index (κ1) is 92.5. The van der Waals surface area contributed by atoms with Gasteiger partial charge < -0.3 is 78.2 Å². The first-order valence-electron chi connectivity index (χ1n) is 31.8.